The molecule has 0 fully saturated rings. The highest BCUT2D eigenvalue weighted by Gasteiger charge is 2.12. The Hall–Kier alpha value is -1.55. The molecule has 0 saturated carbocycles. The zero-order valence-electron chi connectivity index (χ0n) is 12.3. The average Bonchev–Trinajstić information content (AvgIpc) is 2.40. The zero-order valence-corrected chi connectivity index (χ0v) is 12.3. The fourth-order valence-electron chi connectivity index (χ4n) is 2.00. The Kier molecular flexibility index (Phi) is 5.83. The average molecular weight is 263 g/mol. The van der Waals surface area contributed by atoms with Gasteiger partial charge in [0.1, 0.15) is 0 Å². The predicted molar refractivity (Wildman–Crippen MR) is 81.5 cm³/mol. The molecule has 0 unspecified atom stereocenters. The van der Waals surface area contributed by atoms with Crippen LogP contribution >= 0.6 is 0 Å². The van der Waals surface area contributed by atoms with Crippen LogP contribution in [-0.4, -0.2) is 24.5 Å². The van der Waals surface area contributed by atoms with Crippen molar-refractivity contribution < 1.29 is 4.79 Å². The van der Waals surface area contributed by atoms with Crippen LogP contribution in [0.3, 0.4) is 0 Å². The van der Waals surface area contributed by atoms with Crippen molar-refractivity contribution in [2.24, 2.45) is 5.73 Å². The molecule has 0 saturated heterocycles. The molecule has 0 heterocycles. The summed E-state index contributed by atoms with van der Waals surface area (Å²) in [5, 5.41) is 2.82. The number of amides is 1. The zero-order chi connectivity index (χ0) is 14.4. The lowest BCUT2D eigenvalue weighted by atomic mass is 10.2. The van der Waals surface area contributed by atoms with E-state index in [1.807, 2.05) is 31.2 Å². The summed E-state index contributed by atoms with van der Waals surface area (Å²) in [5.41, 5.74) is 7.64. The second-order valence-electron chi connectivity index (χ2n) is 4.93. The van der Waals surface area contributed by atoms with Crippen molar-refractivity contribution >= 4 is 17.3 Å². The van der Waals surface area contributed by atoms with Gasteiger partial charge in [0.15, 0.2) is 0 Å². The molecular weight excluding hydrogens is 238 g/mol. The molecule has 3 N–H and O–H groups in total. The molecule has 0 spiro atoms. The van der Waals surface area contributed by atoms with Gasteiger partial charge >= 0.3 is 0 Å². The first-order chi connectivity index (χ1) is 8.99. The number of hydrogen-bond donors (Lipinski definition) is 2. The first kappa shape index (κ1) is 15.5. The minimum atomic E-state index is -0.442. The van der Waals surface area contributed by atoms with Crippen molar-refractivity contribution in [2.45, 2.75) is 46.2 Å². The van der Waals surface area contributed by atoms with Gasteiger partial charge in [0, 0.05) is 24.0 Å². The van der Waals surface area contributed by atoms with Gasteiger partial charge in [0.25, 0.3) is 0 Å². The number of nitrogens with zero attached hydrogens (tertiary/aromatic N) is 1. The van der Waals surface area contributed by atoms with E-state index >= 15 is 0 Å². The molecule has 4 nitrogen and oxygen atoms in total. The maximum absolute atomic E-state index is 11.7. The summed E-state index contributed by atoms with van der Waals surface area (Å²) in [6, 6.07) is 7.90. The summed E-state index contributed by atoms with van der Waals surface area (Å²) >= 11 is 0. The molecule has 1 atom stereocenters. The topological polar surface area (TPSA) is 58.4 Å². The molecule has 4 heteroatoms. The highest BCUT2D eigenvalue weighted by molar-refractivity contribution is 5.94. The molecule has 0 aliphatic carbocycles. The number of carbonyl (C=O) groups is 1. The summed E-state index contributed by atoms with van der Waals surface area (Å²) in [5.74, 6) is -0.133. The first-order valence-corrected chi connectivity index (χ1v) is 6.92. The monoisotopic (exact) mass is 263 g/mol. The van der Waals surface area contributed by atoms with E-state index in [-0.39, 0.29) is 5.91 Å². The van der Waals surface area contributed by atoms with Gasteiger partial charge in [-0.15, -0.1) is 0 Å². The molecule has 0 aliphatic heterocycles. The van der Waals surface area contributed by atoms with Crippen LogP contribution < -0.4 is 16.0 Å². The lowest BCUT2D eigenvalue weighted by Crippen LogP contribution is -2.34. The van der Waals surface area contributed by atoms with Crippen LogP contribution in [0.4, 0.5) is 11.4 Å². The summed E-state index contributed by atoms with van der Waals surface area (Å²) in [6.07, 6.45) is 0.640. The molecule has 19 heavy (non-hydrogen) atoms. The number of rotatable bonds is 6. The minimum Gasteiger partial charge on any atom is -0.369 e. The van der Waals surface area contributed by atoms with E-state index < -0.39 is 6.04 Å². The highest BCUT2D eigenvalue weighted by Crippen LogP contribution is 2.19. The highest BCUT2D eigenvalue weighted by atomic mass is 16.2. The van der Waals surface area contributed by atoms with Crippen LogP contribution in [0.15, 0.2) is 24.3 Å². The number of nitrogens with two attached hydrogens (primary N) is 1. The van der Waals surface area contributed by atoms with E-state index in [2.05, 4.69) is 31.0 Å². The van der Waals surface area contributed by atoms with Crippen LogP contribution in [-0.2, 0) is 4.79 Å². The number of nitrogens with one attached hydrogen (secondary N) is 1. The van der Waals surface area contributed by atoms with Crippen molar-refractivity contribution in [3.63, 3.8) is 0 Å². The Labute approximate surface area is 116 Å². The Morgan fingerprint density at radius 1 is 1.26 bits per heavy atom. The van der Waals surface area contributed by atoms with Gasteiger partial charge in [-0.25, -0.2) is 0 Å². The molecule has 1 aromatic rings. The van der Waals surface area contributed by atoms with Gasteiger partial charge in [0.05, 0.1) is 6.04 Å². The Morgan fingerprint density at radius 3 is 2.26 bits per heavy atom. The van der Waals surface area contributed by atoms with Gasteiger partial charge < -0.3 is 16.0 Å². The molecule has 1 amide bonds. The lowest BCUT2D eigenvalue weighted by molar-refractivity contribution is -0.117. The van der Waals surface area contributed by atoms with Gasteiger partial charge in [-0.1, -0.05) is 6.92 Å². The van der Waals surface area contributed by atoms with E-state index in [0.717, 1.165) is 17.9 Å². The molecular formula is C15H25N3O. The second kappa shape index (κ2) is 7.14. The van der Waals surface area contributed by atoms with Crippen molar-refractivity contribution in [2.75, 3.05) is 16.8 Å². The van der Waals surface area contributed by atoms with Crippen molar-refractivity contribution in [3.05, 3.63) is 24.3 Å². The Morgan fingerprint density at radius 2 is 1.84 bits per heavy atom. The van der Waals surface area contributed by atoms with E-state index in [0.29, 0.717) is 12.5 Å². The van der Waals surface area contributed by atoms with Crippen LogP contribution in [0.2, 0.25) is 0 Å². The number of anilines is 2. The quantitative estimate of drug-likeness (QED) is 0.829. The van der Waals surface area contributed by atoms with Gasteiger partial charge in [0.2, 0.25) is 5.91 Å². The molecule has 0 radical (unpaired) electrons. The summed E-state index contributed by atoms with van der Waals surface area (Å²) < 4.78 is 0. The summed E-state index contributed by atoms with van der Waals surface area (Å²) in [6.45, 7) is 9.33. The van der Waals surface area contributed by atoms with E-state index in [9.17, 15) is 4.79 Å². The Bertz CT molecular complexity index is 400. The third-order valence-corrected chi connectivity index (χ3v) is 3.21. The second-order valence-corrected chi connectivity index (χ2v) is 4.93. The largest absolute Gasteiger partial charge is 0.369 e. The first-order valence-electron chi connectivity index (χ1n) is 6.92. The van der Waals surface area contributed by atoms with Crippen molar-refractivity contribution in [1.29, 1.82) is 0 Å². The van der Waals surface area contributed by atoms with Crippen LogP contribution in [0.5, 0.6) is 0 Å². The third kappa shape index (κ3) is 4.24. The minimum absolute atomic E-state index is 0.133. The van der Waals surface area contributed by atoms with E-state index in [1.54, 1.807) is 0 Å². The summed E-state index contributed by atoms with van der Waals surface area (Å²) in [7, 11) is 0. The van der Waals surface area contributed by atoms with Crippen LogP contribution in [0.1, 0.15) is 34.1 Å². The van der Waals surface area contributed by atoms with Crippen LogP contribution in [0.25, 0.3) is 0 Å². The third-order valence-electron chi connectivity index (χ3n) is 3.21. The van der Waals surface area contributed by atoms with Crippen molar-refractivity contribution in [3.8, 4) is 0 Å². The SMILES string of the molecule is CC[C@@H](N)C(=O)Nc1ccc(N(CC)C(C)C)cc1. The smallest absolute Gasteiger partial charge is 0.241 e. The molecule has 1 rings (SSSR count). The van der Waals surface area contributed by atoms with Gasteiger partial charge in [-0.05, 0) is 51.5 Å². The standard InChI is InChI=1S/C15H25N3O/c1-5-14(16)15(19)17-12-7-9-13(10-8-12)18(6-2)11(3)4/h7-11,14H,5-6,16H2,1-4H3,(H,17,19)/t14-/m1/s1. The maximum atomic E-state index is 11.7. The molecule has 0 aromatic heterocycles. The number of hydrogen-bond acceptors (Lipinski definition) is 3. The summed E-state index contributed by atoms with van der Waals surface area (Å²) in [4.78, 5) is 14.0. The fraction of sp³-hybridized carbons (Fsp3) is 0.533. The van der Waals surface area contributed by atoms with E-state index in [1.165, 1.54) is 0 Å². The fourth-order valence-corrected chi connectivity index (χ4v) is 2.00. The molecule has 0 bridgehead atoms. The maximum Gasteiger partial charge on any atom is 0.241 e. The normalized spacial score (nSPS) is 12.3. The Balaban J connectivity index is 2.74. The number of carbonyl (C=O) groups excluding carboxylic acids is 1. The van der Waals surface area contributed by atoms with Crippen molar-refractivity contribution in [1.82, 2.24) is 0 Å². The number of benzene rings is 1. The molecule has 106 valence electrons. The molecule has 1 aromatic carbocycles. The molecule has 0 aliphatic rings. The van der Waals surface area contributed by atoms with E-state index in [4.69, 9.17) is 5.73 Å². The van der Waals surface area contributed by atoms with Gasteiger partial charge in [-0.2, -0.15) is 0 Å². The van der Waals surface area contributed by atoms with Gasteiger partial charge in [-0.3, -0.25) is 4.79 Å². The predicted octanol–water partition coefficient (Wildman–Crippen LogP) is 2.60. The lowest BCUT2D eigenvalue weighted by Gasteiger charge is -2.27. The van der Waals surface area contributed by atoms with Crippen LogP contribution in [0, 0.1) is 0 Å².